The van der Waals surface area contributed by atoms with Crippen LogP contribution in [0.2, 0.25) is 0 Å². The number of carbonyl (C=O) groups is 1. The van der Waals surface area contributed by atoms with Crippen LogP contribution in [0.25, 0.3) is 0 Å². The average Bonchev–Trinajstić information content (AvgIpc) is 2.20. The van der Waals surface area contributed by atoms with Crippen molar-refractivity contribution in [2.24, 2.45) is 5.73 Å². The highest BCUT2D eigenvalue weighted by Crippen LogP contribution is 2.08. The van der Waals surface area contributed by atoms with Gasteiger partial charge in [-0.15, -0.1) is 0 Å². The number of carboxylic acid groups (broad SMARTS) is 1. The number of hydrogen-bond acceptors (Lipinski definition) is 4. The van der Waals surface area contributed by atoms with Gasteiger partial charge in [0.2, 0.25) is 0 Å². The first kappa shape index (κ1) is 12.7. The predicted octanol–water partition coefficient (Wildman–Crippen LogP) is -1.37. The van der Waals surface area contributed by atoms with Crippen molar-refractivity contribution in [1.82, 2.24) is 0 Å². The molecule has 1 atom stereocenters. The van der Waals surface area contributed by atoms with Crippen molar-refractivity contribution in [3.63, 3.8) is 0 Å². The summed E-state index contributed by atoms with van der Waals surface area (Å²) in [6.07, 6.45) is 0.168. The second kappa shape index (κ2) is 5.11. The molecule has 0 saturated carbocycles. The van der Waals surface area contributed by atoms with E-state index < -0.39 is 19.1 Å². The van der Waals surface area contributed by atoms with E-state index in [2.05, 4.69) is 0 Å². The lowest BCUT2D eigenvalue weighted by molar-refractivity contribution is -0.138. The summed E-state index contributed by atoms with van der Waals surface area (Å²) in [7, 11) is -1.56. The molecule has 0 radical (unpaired) electrons. The molecule has 0 aliphatic carbocycles. The summed E-state index contributed by atoms with van der Waals surface area (Å²) < 4.78 is 0. The highest BCUT2D eigenvalue weighted by atomic mass is 16.4. The third kappa shape index (κ3) is 3.06. The largest absolute Gasteiger partial charge is 0.488 e. The van der Waals surface area contributed by atoms with Crippen molar-refractivity contribution in [3.8, 4) is 0 Å². The fourth-order valence-electron chi connectivity index (χ4n) is 1.40. The van der Waals surface area contributed by atoms with Crippen LogP contribution in [0, 0.1) is 6.92 Å². The highest BCUT2D eigenvalue weighted by molar-refractivity contribution is 6.58. The molecular formula is C10H14BNO4. The third-order valence-corrected chi connectivity index (χ3v) is 2.43. The van der Waals surface area contributed by atoms with Crippen LogP contribution < -0.4 is 11.2 Å². The van der Waals surface area contributed by atoms with Crippen LogP contribution in [0.3, 0.4) is 0 Å². The van der Waals surface area contributed by atoms with E-state index in [1.807, 2.05) is 6.92 Å². The molecule has 0 spiro atoms. The lowest BCUT2D eigenvalue weighted by atomic mass is 9.78. The Balaban J connectivity index is 2.94. The molecule has 1 aromatic carbocycles. The Morgan fingerprint density at radius 2 is 2.12 bits per heavy atom. The van der Waals surface area contributed by atoms with E-state index in [9.17, 15) is 4.79 Å². The summed E-state index contributed by atoms with van der Waals surface area (Å²) in [6, 6.07) is 3.86. The van der Waals surface area contributed by atoms with Crippen LogP contribution >= 0.6 is 0 Å². The summed E-state index contributed by atoms with van der Waals surface area (Å²) in [4.78, 5) is 10.6. The van der Waals surface area contributed by atoms with Crippen molar-refractivity contribution in [2.75, 3.05) is 0 Å². The van der Waals surface area contributed by atoms with Gasteiger partial charge in [-0.05, 0) is 29.9 Å². The third-order valence-electron chi connectivity index (χ3n) is 2.43. The van der Waals surface area contributed by atoms with E-state index in [-0.39, 0.29) is 6.42 Å². The number of aliphatic carboxylic acids is 1. The number of rotatable bonds is 4. The van der Waals surface area contributed by atoms with Gasteiger partial charge in [-0.1, -0.05) is 18.2 Å². The van der Waals surface area contributed by atoms with Gasteiger partial charge in [0.25, 0.3) is 0 Å². The minimum atomic E-state index is -1.56. The first-order valence-electron chi connectivity index (χ1n) is 4.85. The molecule has 0 fully saturated rings. The molecule has 0 aliphatic rings. The van der Waals surface area contributed by atoms with Crippen LogP contribution in [-0.2, 0) is 11.2 Å². The first-order valence-corrected chi connectivity index (χ1v) is 4.85. The van der Waals surface area contributed by atoms with Crippen molar-refractivity contribution < 1.29 is 19.9 Å². The second-order valence-electron chi connectivity index (χ2n) is 3.71. The van der Waals surface area contributed by atoms with Crippen LogP contribution in [0.5, 0.6) is 0 Å². The van der Waals surface area contributed by atoms with Gasteiger partial charge in [-0.25, -0.2) is 0 Å². The van der Waals surface area contributed by atoms with Crippen molar-refractivity contribution in [2.45, 2.75) is 19.4 Å². The first-order chi connectivity index (χ1) is 7.41. The highest BCUT2D eigenvalue weighted by Gasteiger charge is 2.16. The number of nitrogens with two attached hydrogens (primary N) is 1. The summed E-state index contributed by atoms with van der Waals surface area (Å²) in [6.45, 7) is 1.82. The van der Waals surface area contributed by atoms with E-state index in [0.717, 1.165) is 5.56 Å². The molecule has 0 bridgehead atoms. The quantitative estimate of drug-likeness (QED) is 0.471. The Kier molecular flexibility index (Phi) is 4.06. The predicted molar refractivity (Wildman–Crippen MR) is 60.3 cm³/mol. The Morgan fingerprint density at radius 1 is 1.50 bits per heavy atom. The SMILES string of the molecule is Cc1ccc(B(O)O)cc1C[C@@H](N)C(=O)O. The smallest absolute Gasteiger partial charge is 0.480 e. The van der Waals surface area contributed by atoms with Crippen LogP contribution in [0.1, 0.15) is 11.1 Å². The van der Waals surface area contributed by atoms with E-state index in [4.69, 9.17) is 20.9 Å². The monoisotopic (exact) mass is 223 g/mol. The molecular weight excluding hydrogens is 209 g/mol. The van der Waals surface area contributed by atoms with Gasteiger partial charge in [-0.3, -0.25) is 4.79 Å². The maximum atomic E-state index is 10.6. The molecule has 86 valence electrons. The van der Waals surface area contributed by atoms with Crippen LogP contribution in [-0.4, -0.2) is 34.3 Å². The van der Waals surface area contributed by atoms with Crippen molar-refractivity contribution in [1.29, 1.82) is 0 Å². The number of carboxylic acids is 1. The van der Waals surface area contributed by atoms with E-state index >= 15 is 0 Å². The molecule has 0 heterocycles. The van der Waals surface area contributed by atoms with Gasteiger partial charge >= 0.3 is 13.1 Å². The van der Waals surface area contributed by atoms with Crippen LogP contribution in [0.4, 0.5) is 0 Å². The zero-order valence-electron chi connectivity index (χ0n) is 8.92. The molecule has 16 heavy (non-hydrogen) atoms. The summed E-state index contributed by atoms with van der Waals surface area (Å²) in [5.41, 5.74) is 7.34. The van der Waals surface area contributed by atoms with Crippen LogP contribution in [0.15, 0.2) is 18.2 Å². The van der Waals surface area contributed by atoms with Crippen molar-refractivity contribution in [3.05, 3.63) is 29.3 Å². The van der Waals surface area contributed by atoms with E-state index in [0.29, 0.717) is 11.0 Å². The molecule has 1 aromatic rings. The molecule has 1 rings (SSSR count). The minimum Gasteiger partial charge on any atom is -0.480 e. The fourth-order valence-corrected chi connectivity index (χ4v) is 1.40. The van der Waals surface area contributed by atoms with Gasteiger partial charge < -0.3 is 20.9 Å². The number of aryl methyl sites for hydroxylation is 1. The van der Waals surface area contributed by atoms with Gasteiger partial charge in [-0.2, -0.15) is 0 Å². The molecule has 0 saturated heterocycles. The molecule has 5 N–H and O–H groups in total. The maximum Gasteiger partial charge on any atom is 0.488 e. The topological polar surface area (TPSA) is 104 Å². The molecule has 0 aliphatic heterocycles. The van der Waals surface area contributed by atoms with E-state index in [1.54, 1.807) is 18.2 Å². The van der Waals surface area contributed by atoms with Gasteiger partial charge in [0.1, 0.15) is 6.04 Å². The summed E-state index contributed by atoms with van der Waals surface area (Å²) in [5.74, 6) is -1.07. The zero-order valence-corrected chi connectivity index (χ0v) is 8.92. The summed E-state index contributed by atoms with van der Waals surface area (Å²) in [5, 5.41) is 26.7. The Bertz CT molecular complexity index is 394. The lowest BCUT2D eigenvalue weighted by Crippen LogP contribution is -2.34. The molecule has 5 nitrogen and oxygen atoms in total. The molecule has 0 aromatic heterocycles. The van der Waals surface area contributed by atoms with Crippen molar-refractivity contribution >= 4 is 18.6 Å². The summed E-state index contributed by atoms with van der Waals surface area (Å²) >= 11 is 0. The zero-order chi connectivity index (χ0) is 12.3. The Morgan fingerprint density at radius 3 is 2.62 bits per heavy atom. The van der Waals surface area contributed by atoms with Gasteiger partial charge in [0, 0.05) is 0 Å². The van der Waals surface area contributed by atoms with Gasteiger partial charge in [0.05, 0.1) is 0 Å². The molecule has 0 unspecified atom stereocenters. The number of benzene rings is 1. The number of hydrogen-bond donors (Lipinski definition) is 4. The normalized spacial score (nSPS) is 12.2. The second-order valence-corrected chi connectivity index (χ2v) is 3.71. The lowest BCUT2D eigenvalue weighted by Gasteiger charge is -2.11. The molecule has 0 amide bonds. The maximum absolute atomic E-state index is 10.6. The molecule has 6 heteroatoms. The Labute approximate surface area is 93.7 Å². The minimum absolute atomic E-state index is 0.168. The average molecular weight is 223 g/mol. The standard InChI is InChI=1S/C10H14BNO4/c1-6-2-3-8(11(15)16)4-7(6)5-9(12)10(13)14/h2-4,9,15-16H,5,12H2,1H3,(H,13,14)/t9-/m1/s1. The fraction of sp³-hybridized carbons (Fsp3) is 0.300. The Hall–Kier alpha value is -1.37. The van der Waals surface area contributed by atoms with E-state index in [1.165, 1.54) is 0 Å². The van der Waals surface area contributed by atoms with Gasteiger partial charge in [0.15, 0.2) is 0 Å².